The molecule has 1 saturated carbocycles. The van der Waals surface area contributed by atoms with Gasteiger partial charge in [-0.15, -0.1) is 0 Å². The monoisotopic (exact) mass is 224 g/mol. The van der Waals surface area contributed by atoms with E-state index in [1.807, 2.05) is 0 Å². The van der Waals surface area contributed by atoms with Crippen LogP contribution in [0.1, 0.15) is 52.4 Å². The number of hydrogen-bond acceptors (Lipinski definition) is 2. The fourth-order valence-corrected chi connectivity index (χ4v) is 2.11. The molecule has 0 aromatic carbocycles. The van der Waals surface area contributed by atoms with Crippen LogP contribution in [0.15, 0.2) is 12.2 Å². The van der Waals surface area contributed by atoms with E-state index in [0.717, 1.165) is 19.4 Å². The number of allylic oxidation sites excluding steroid dienone is 2. The lowest BCUT2D eigenvalue weighted by Gasteiger charge is -2.26. The Kier molecular flexibility index (Phi) is 6.39. The average molecular weight is 224 g/mol. The van der Waals surface area contributed by atoms with E-state index in [-0.39, 0.29) is 5.78 Å². The molecule has 0 N–H and O–H groups in total. The van der Waals surface area contributed by atoms with Crippen molar-refractivity contribution in [3.8, 4) is 0 Å². The van der Waals surface area contributed by atoms with Gasteiger partial charge in [0, 0.05) is 6.61 Å². The second kappa shape index (κ2) is 7.61. The molecule has 0 aromatic heterocycles. The number of ether oxygens (including phenoxy) is 1. The molecule has 0 aromatic rings. The van der Waals surface area contributed by atoms with Gasteiger partial charge in [0.1, 0.15) is 0 Å². The van der Waals surface area contributed by atoms with Crippen molar-refractivity contribution >= 4 is 5.78 Å². The van der Waals surface area contributed by atoms with Gasteiger partial charge in [-0.3, -0.25) is 4.79 Å². The summed E-state index contributed by atoms with van der Waals surface area (Å²) >= 11 is 0. The third-order valence-electron chi connectivity index (χ3n) is 3.17. The predicted molar refractivity (Wildman–Crippen MR) is 66.4 cm³/mol. The highest BCUT2D eigenvalue weighted by molar-refractivity contribution is 5.87. The molecule has 0 saturated heterocycles. The molecular weight excluding hydrogens is 200 g/mol. The molecule has 1 aliphatic rings. The first-order valence-corrected chi connectivity index (χ1v) is 6.52. The Bertz CT molecular complexity index is 225. The standard InChI is InChI=1S/C14H24O2/c1-3-4-11-16-14-9-7-13(8-10-14)6-5-12(2)15/h5-6,13-14H,3-4,7-11H2,1-2H3. The van der Waals surface area contributed by atoms with Gasteiger partial charge < -0.3 is 4.74 Å². The molecule has 0 bridgehead atoms. The predicted octanol–water partition coefficient (Wildman–Crippen LogP) is 3.51. The van der Waals surface area contributed by atoms with Crippen molar-refractivity contribution in [2.24, 2.45) is 5.92 Å². The third kappa shape index (κ3) is 5.45. The van der Waals surface area contributed by atoms with Crippen molar-refractivity contribution in [2.75, 3.05) is 6.61 Å². The molecule has 2 heteroatoms. The Morgan fingerprint density at radius 2 is 2.00 bits per heavy atom. The van der Waals surface area contributed by atoms with Crippen LogP contribution >= 0.6 is 0 Å². The van der Waals surface area contributed by atoms with Gasteiger partial charge in [0.15, 0.2) is 5.78 Å². The van der Waals surface area contributed by atoms with Crippen LogP contribution < -0.4 is 0 Å². The van der Waals surface area contributed by atoms with E-state index in [2.05, 4.69) is 13.0 Å². The van der Waals surface area contributed by atoms with Crippen LogP contribution in [0.3, 0.4) is 0 Å². The summed E-state index contributed by atoms with van der Waals surface area (Å²) in [6.07, 6.45) is 11.3. The minimum Gasteiger partial charge on any atom is -0.378 e. The summed E-state index contributed by atoms with van der Waals surface area (Å²) in [5, 5.41) is 0. The van der Waals surface area contributed by atoms with Crippen molar-refractivity contribution in [1.29, 1.82) is 0 Å². The molecule has 0 atom stereocenters. The number of hydrogen-bond donors (Lipinski definition) is 0. The van der Waals surface area contributed by atoms with Crippen molar-refractivity contribution in [3.05, 3.63) is 12.2 Å². The van der Waals surface area contributed by atoms with Crippen molar-refractivity contribution in [3.63, 3.8) is 0 Å². The molecule has 92 valence electrons. The third-order valence-corrected chi connectivity index (χ3v) is 3.17. The van der Waals surface area contributed by atoms with Crippen LogP contribution in [0.25, 0.3) is 0 Å². The summed E-state index contributed by atoms with van der Waals surface area (Å²) in [7, 11) is 0. The summed E-state index contributed by atoms with van der Waals surface area (Å²) in [4.78, 5) is 10.8. The summed E-state index contributed by atoms with van der Waals surface area (Å²) in [6, 6.07) is 0. The van der Waals surface area contributed by atoms with Gasteiger partial charge in [-0.1, -0.05) is 19.4 Å². The Balaban J connectivity index is 2.15. The molecule has 0 spiro atoms. The maximum absolute atomic E-state index is 10.8. The van der Waals surface area contributed by atoms with Gasteiger partial charge in [0.2, 0.25) is 0 Å². The van der Waals surface area contributed by atoms with E-state index in [1.54, 1.807) is 13.0 Å². The summed E-state index contributed by atoms with van der Waals surface area (Å²) in [6.45, 7) is 4.71. The fraction of sp³-hybridized carbons (Fsp3) is 0.786. The molecule has 1 aliphatic carbocycles. The first-order valence-electron chi connectivity index (χ1n) is 6.52. The zero-order chi connectivity index (χ0) is 11.8. The molecular formula is C14H24O2. The fourth-order valence-electron chi connectivity index (χ4n) is 2.11. The van der Waals surface area contributed by atoms with Gasteiger partial charge in [-0.2, -0.15) is 0 Å². The summed E-state index contributed by atoms with van der Waals surface area (Å²) in [5.74, 6) is 0.747. The van der Waals surface area contributed by atoms with Crippen molar-refractivity contribution in [1.82, 2.24) is 0 Å². The Hall–Kier alpha value is -0.630. The number of carbonyl (C=O) groups is 1. The van der Waals surface area contributed by atoms with Crippen LogP contribution in [0.2, 0.25) is 0 Å². The maximum atomic E-state index is 10.8. The SMILES string of the molecule is CCCCOC1CCC(C=CC(C)=O)CC1. The smallest absolute Gasteiger partial charge is 0.152 e. The highest BCUT2D eigenvalue weighted by Crippen LogP contribution is 2.27. The maximum Gasteiger partial charge on any atom is 0.152 e. The van der Waals surface area contributed by atoms with Crippen molar-refractivity contribution < 1.29 is 9.53 Å². The Morgan fingerprint density at radius 3 is 2.56 bits per heavy atom. The quantitative estimate of drug-likeness (QED) is 0.510. The molecule has 16 heavy (non-hydrogen) atoms. The normalized spacial score (nSPS) is 26.1. The topological polar surface area (TPSA) is 26.3 Å². The molecule has 0 aliphatic heterocycles. The average Bonchev–Trinajstić information content (AvgIpc) is 2.28. The molecule has 1 fully saturated rings. The first kappa shape index (κ1) is 13.4. The minimum absolute atomic E-state index is 0.154. The van der Waals surface area contributed by atoms with E-state index in [9.17, 15) is 4.79 Å². The molecule has 0 heterocycles. The molecule has 0 unspecified atom stereocenters. The summed E-state index contributed by atoms with van der Waals surface area (Å²) < 4.78 is 5.81. The van der Waals surface area contributed by atoms with Crippen molar-refractivity contribution in [2.45, 2.75) is 58.5 Å². The lowest BCUT2D eigenvalue weighted by molar-refractivity contribution is -0.112. The zero-order valence-electron chi connectivity index (χ0n) is 10.6. The van der Waals surface area contributed by atoms with E-state index in [1.165, 1.54) is 25.7 Å². The highest BCUT2D eigenvalue weighted by atomic mass is 16.5. The van der Waals surface area contributed by atoms with Crippen LogP contribution in [-0.4, -0.2) is 18.5 Å². The number of carbonyl (C=O) groups excluding carboxylic acids is 1. The summed E-state index contributed by atoms with van der Waals surface area (Å²) in [5.41, 5.74) is 0. The van der Waals surface area contributed by atoms with Crippen LogP contribution in [0.4, 0.5) is 0 Å². The zero-order valence-corrected chi connectivity index (χ0v) is 10.6. The number of rotatable bonds is 6. The molecule has 2 nitrogen and oxygen atoms in total. The Labute approximate surface area is 99.1 Å². The van der Waals surface area contributed by atoms with Crippen LogP contribution in [0, 0.1) is 5.92 Å². The van der Waals surface area contributed by atoms with Gasteiger partial charge in [0.05, 0.1) is 6.10 Å². The number of ketones is 1. The molecule has 1 rings (SSSR count). The second-order valence-electron chi connectivity index (χ2n) is 4.73. The second-order valence-corrected chi connectivity index (χ2v) is 4.73. The van der Waals surface area contributed by atoms with E-state index >= 15 is 0 Å². The van der Waals surface area contributed by atoms with Gasteiger partial charge in [-0.05, 0) is 51.0 Å². The highest BCUT2D eigenvalue weighted by Gasteiger charge is 2.19. The lowest BCUT2D eigenvalue weighted by Crippen LogP contribution is -2.21. The van der Waals surface area contributed by atoms with Gasteiger partial charge >= 0.3 is 0 Å². The Morgan fingerprint density at radius 1 is 1.31 bits per heavy atom. The van der Waals surface area contributed by atoms with Gasteiger partial charge in [-0.25, -0.2) is 0 Å². The minimum atomic E-state index is 0.154. The van der Waals surface area contributed by atoms with Gasteiger partial charge in [0.25, 0.3) is 0 Å². The molecule has 0 amide bonds. The van der Waals surface area contributed by atoms with Crippen LogP contribution in [-0.2, 0) is 9.53 Å². The number of unbranched alkanes of at least 4 members (excludes halogenated alkanes) is 1. The first-order chi connectivity index (χ1) is 7.72. The van der Waals surface area contributed by atoms with E-state index < -0.39 is 0 Å². The molecule has 0 radical (unpaired) electrons. The lowest BCUT2D eigenvalue weighted by atomic mass is 9.87. The van der Waals surface area contributed by atoms with E-state index in [4.69, 9.17) is 4.74 Å². The van der Waals surface area contributed by atoms with E-state index in [0.29, 0.717) is 12.0 Å². The largest absolute Gasteiger partial charge is 0.378 e. The van der Waals surface area contributed by atoms with Crippen LogP contribution in [0.5, 0.6) is 0 Å².